The van der Waals surface area contributed by atoms with Crippen LogP contribution < -0.4 is 5.73 Å². The monoisotopic (exact) mass is 210 g/mol. The smallest absolute Gasteiger partial charge is 0.0121 e. The van der Waals surface area contributed by atoms with Crippen LogP contribution in [0.3, 0.4) is 0 Å². The molecule has 2 N–H and O–H groups in total. The molecule has 1 saturated carbocycles. The fourth-order valence-electron chi connectivity index (χ4n) is 2.92. The van der Waals surface area contributed by atoms with Crippen molar-refractivity contribution in [2.75, 3.05) is 13.1 Å². The Bertz CT molecular complexity index is 223. The fourth-order valence-corrected chi connectivity index (χ4v) is 2.92. The normalized spacial score (nSPS) is 37.6. The molecule has 2 aliphatic rings. The number of rotatable bonds is 3. The molecule has 1 aliphatic carbocycles. The van der Waals surface area contributed by atoms with Gasteiger partial charge in [-0.15, -0.1) is 0 Å². The summed E-state index contributed by atoms with van der Waals surface area (Å²) in [5, 5.41) is 0. The van der Waals surface area contributed by atoms with Gasteiger partial charge in [-0.25, -0.2) is 0 Å². The minimum atomic E-state index is 0.449. The Labute approximate surface area is 94.2 Å². The summed E-state index contributed by atoms with van der Waals surface area (Å²) in [6, 6.07) is 1.21. The van der Waals surface area contributed by atoms with Crippen LogP contribution in [-0.4, -0.2) is 30.1 Å². The molecule has 0 aromatic carbocycles. The van der Waals surface area contributed by atoms with Crippen LogP contribution in [-0.2, 0) is 0 Å². The van der Waals surface area contributed by atoms with E-state index in [1.54, 1.807) is 0 Å². The van der Waals surface area contributed by atoms with Crippen LogP contribution in [0.5, 0.6) is 0 Å². The lowest BCUT2D eigenvalue weighted by atomic mass is 9.88. The Morgan fingerprint density at radius 2 is 2.13 bits per heavy atom. The summed E-state index contributed by atoms with van der Waals surface area (Å²) in [5.74, 6) is 0.726. The molecule has 0 aromatic heterocycles. The zero-order valence-electron chi connectivity index (χ0n) is 10.5. The Kier molecular flexibility index (Phi) is 3.09. The lowest BCUT2D eigenvalue weighted by molar-refractivity contribution is 0.0806. The maximum atomic E-state index is 6.15. The molecule has 2 rings (SSSR count). The van der Waals surface area contributed by atoms with Gasteiger partial charge in [0.15, 0.2) is 0 Å². The third-order valence-corrected chi connectivity index (χ3v) is 4.94. The van der Waals surface area contributed by atoms with Gasteiger partial charge in [-0.1, -0.05) is 20.3 Å². The van der Waals surface area contributed by atoms with Crippen LogP contribution in [0.25, 0.3) is 0 Å². The Hall–Kier alpha value is -0.0800. The van der Waals surface area contributed by atoms with Gasteiger partial charge >= 0.3 is 0 Å². The molecule has 3 atom stereocenters. The summed E-state index contributed by atoms with van der Waals surface area (Å²) in [4.78, 5) is 2.69. The highest BCUT2D eigenvalue weighted by atomic mass is 15.2. The van der Waals surface area contributed by atoms with E-state index < -0.39 is 0 Å². The summed E-state index contributed by atoms with van der Waals surface area (Å²) in [7, 11) is 0. The summed E-state index contributed by atoms with van der Waals surface area (Å²) < 4.78 is 0. The van der Waals surface area contributed by atoms with E-state index in [0.717, 1.165) is 12.0 Å². The molecule has 0 radical (unpaired) electrons. The van der Waals surface area contributed by atoms with E-state index in [0.29, 0.717) is 11.5 Å². The van der Waals surface area contributed by atoms with Gasteiger partial charge in [-0.2, -0.15) is 0 Å². The van der Waals surface area contributed by atoms with Gasteiger partial charge in [0.2, 0.25) is 0 Å². The molecule has 1 saturated heterocycles. The Balaban J connectivity index is 1.93. The topological polar surface area (TPSA) is 29.3 Å². The molecule has 0 amide bonds. The Morgan fingerprint density at radius 3 is 2.67 bits per heavy atom. The predicted molar refractivity (Wildman–Crippen MR) is 64.7 cm³/mol. The largest absolute Gasteiger partial charge is 0.327 e. The highest BCUT2D eigenvalue weighted by Gasteiger charge is 2.45. The molecule has 2 fully saturated rings. The first-order valence-electron chi connectivity index (χ1n) is 6.56. The Morgan fingerprint density at radius 1 is 1.47 bits per heavy atom. The summed E-state index contributed by atoms with van der Waals surface area (Å²) in [5.41, 5.74) is 6.77. The standard InChI is InChI=1S/C13H26N2/c1-4-11-9-15(8-5-12(11)14)10(2)13(3)6-7-13/h10-12H,4-9,14H2,1-3H3. The zero-order chi connectivity index (χ0) is 11.1. The number of hydrogen-bond acceptors (Lipinski definition) is 2. The third-order valence-electron chi connectivity index (χ3n) is 4.94. The number of nitrogens with zero attached hydrogens (tertiary/aromatic N) is 1. The minimum Gasteiger partial charge on any atom is -0.327 e. The van der Waals surface area contributed by atoms with Crippen molar-refractivity contribution in [1.82, 2.24) is 4.90 Å². The number of nitrogens with two attached hydrogens (primary N) is 1. The van der Waals surface area contributed by atoms with Crippen molar-refractivity contribution in [1.29, 1.82) is 0 Å². The molecule has 1 heterocycles. The van der Waals surface area contributed by atoms with Gasteiger partial charge in [0.05, 0.1) is 0 Å². The van der Waals surface area contributed by atoms with E-state index in [-0.39, 0.29) is 0 Å². The van der Waals surface area contributed by atoms with Gasteiger partial charge in [-0.3, -0.25) is 4.90 Å². The molecule has 2 nitrogen and oxygen atoms in total. The fraction of sp³-hybridized carbons (Fsp3) is 1.00. The molecule has 3 unspecified atom stereocenters. The van der Waals surface area contributed by atoms with Crippen molar-refractivity contribution in [2.24, 2.45) is 17.1 Å². The first-order valence-corrected chi connectivity index (χ1v) is 6.56. The average Bonchev–Trinajstić information content (AvgIpc) is 2.97. The van der Waals surface area contributed by atoms with E-state index >= 15 is 0 Å². The van der Waals surface area contributed by atoms with Crippen molar-refractivity contribution >= 4 is 0 Å². The molecule has 0 bridgehead atoms. The lowest BCUT2D eigenvalue weighted by Gasteiger charge is -2.42. The van der Waals surface area contributed by atoms with E-state index in [9.17, 15) is 0 Å². The lowest BCUT2D eigenvalue weighted by Crippen LogP contribution is -2.51. The maximum absolute atomic E-state index is 6.15. The predicted octanol–water partition coefficient (Wildman–Crippen LogP) is 2.23. The average molecular weight is 210 g/mol. The van der Waals surface area contributed by atoms with Crippen LogP contribution in [0.4, 0.5) is 0 Å². The summed E-state index contributed by atoms with van der Waals surface area (Å²) in [6.07, 6.45) is 5.28. The van der Waals surface area contributed by atoms with Crippen molar-refractivity contribution in [3.63, 3.8) is 0 Å². The van der Waals surface area contributed by atoms with Gasteiger partial charge in [0, 0.05) is 18.6 Å². The molecule has 15 heavy (non-hydrogen) atoms. The van der Waals surface area contributed by atoms with Crippen molar-refractivity contribution in [3.8, 4) is 0 Å². The van der Waals surface area contributed by atoms with E-state index in [1.807, 2.05) is 0 Å². The second-order valence-corrected chi connectivity index (χ2v) is 5.95. The van der Waals surface area contributed by atoms with Gasteiger partial charge in [0.25, 0.3) is 0 Å². The second kappa shape index (κ2) is 4.06. The van der Waals surface area contributed by atoms with Crippen molar-refractivity contribution in [3.05, 3.63) is 0 Å². The number of piperidine rings is 1. The van der Waals surface area contributed by atoms with Crippen LogP contribution in [0.2, 0.25) is 0 Å². The van der Waals surface area contributed by atoms with Crippen LogP contribution >= 0.6 is 0 Å². The van der Waals surface area contributed by atoms with Crippen LogP contribution in [0, 0.1) is 11.3 Å². The number of likely N-dealkylation sites (tertiary alicyclic amines) is 1. The van der Waals surface area contributed by atoms with Gasteiger partial charge in [0.1, 0.15) is 0 Å². The molecular formula is C13H26N2. The minimum absolute atomic E-state index is 0.449. The van der Waals surface area contributed by atoms with Crippen molar-refractivity contribution < 1.29 is 0 Å². The quantitative estimate of drug-likeness (QED) is 0.774. The van der Waals surface area contributed by atoms with E-state index in [4.69, 9.17) is 5.73 Å². The second-order valence-electron chi connectivity index (χ2n) is 5.95. The summed E-state index contributed by atoms with van der Waals surface area (Å²) in [6.45, 7) is 9.57. The molecule has 88 valence electrons. The van der Waals surface area contributed by atoms with Crippen molar-refractivity contribution in [2.45, 2.75) is 58.5 Å². The SMILES string of the molecule is CCC1CN(C(C)C2(C)CC2)CCC1N. The molecule has 2 heteroatoms. The maximum Gasteiger partial charge on any atom is 0.0121 e. The van der Waals surface area contributed by atoms with Crippen LogP contribution in [0.15, 0.2) is 0 Å². The molecule has 0 spiro atoms. The molecule has 1 aliphatic heterocycles. The van der Waals surface area contributed by atoms with Gasteiger partial charge < -0.3 is 5.73 Å². The van der Waals surface area contributed by atoms with E-state index in [1.165, 1.54) is 38.8 Å². The summed E-state index contributed by atoms with van der Waals surface area (Å²) >= 11 is 0. The van der Waals surface area contributed by atoms with E-state index in [2.05, 4.69) is 25.7 Å². The first kappa shape index (κ1) is 11.4. The van der Waals surface area contributed by atoms with Crippen LogP contribution in [0.1, 0.15) is 46.5 Å². The highest BCUT2D eigenvalue weighted by Crippen LogP contribution is 2.50. The zero-order valence-corrected chi connectivity index (χ0v) is 10.5. The number of hydrogen-bond donors (Lipinski definition) is 1. The first-order chi connectivity index (χ1) is 7.07. The highest BCUT2D eigenvalue weighted by molar-refractivity contribution is 4.99. The molecular weight excluding hydrogens is 184 g/mol. The molecule has 0 aromatic rings. The van der Waals surface area contributed by atoms with Gasteiger partial charge in [-0.05, 0) is 44.1 Å². The third kappa shape index (κ3) is 2.21.